The van der Waals surface area contributed by atoms with Crippen LogP contribution in [0.2, 0.25) is 0 Å². The first-order valence-electron chi connectivity index (χ1n) is 9.98. The third kappa shape index (κ3) is 7.62. The number of amides is 1. The predicted molar refractivity (Wildman–Crippen MR) is 116 cm³/mol. The van der Waals surface area contributed by atoms with Crippen LogP contribution in [0.5, 0.6) is 11.5 Å². The molecule has 5 nitrogen and oxygen atoms in total. The maximum Gasteiger partial charge on any atom is 0.244 e. The van der Waals surface area contributed by atoms with Crippen molar-refractivity contribution in [2.75, 3.05) is 13.7 Å². The van der Waals surface area contributed by atoms with Gasteiger partial charge in [0.15, 0.2) is 11.5 Å². The van der Waals surface area contributed by atoms with Crippen LogP contribution in [-0.4, -0.2) is 25.7 Å². The van der Waals surface area contributed by atoms with E-state index in [0.29, 0.717) is 31.3 Å². The number of ether oxygens (including phenoxy) is 3. The van der Waals surface area contributed by atoms with E-state index in [1.165, 1.54) is 6.08 Å². The number of nitrogens with one attached hydrogen (secondary N) is 1. The zero-order valence-electron chi connectivity index (χ0n) is 17.7. The molecule has 0 radical (unpaired) electrons. The first kappa shape index (κ1) is 22.5. The van der Waals surface area contributed by atoms with E-state index < -0.39 is 0 Å². The number of carbonyl (C=O) groups excluding carboxylic acids is 1. The van der Waals surface area contributed by atoms with Gasteiger partial charge in [0.25, 0.3) is 0 Å². The Hall–Kier alpha value is -2.79. The number of benzene rings is 2. The molecule has 0 bridgehead atoms. The molecule has 0 saturated heterocycles. The van der Waals surface area contributed by atoms with Crippen LogP contribution in [0.4, 0.5) is 0 Å². The summed E-state index contributed by atoms with van der Waals surface area (Å²) in [4.78, 5) is 12.2. The Balaban J connectivity index is 1.95. The van der Waals surface area contributed by atoms with Crippen LogP contribution >= 0.6 is 0 Å². The average molecular weight is 398 g/mol. The Morgan fingerprint density at radius 3 is 2.55 bits per heavy atom. The summed E-state index contributed by atoms with van der Waals surface area (Å²) in [7, 11) is 1.61. The minimum Gasteiger partial charge on any atom is -0.493 e. The predicted octanol–water partition coefficient (Wildman–Crippen LogP) is 4.74. The van der Waals surface area contributed by atoms with E-state index in [-0.39, 0.29) is 12.0 Å². The van der Waals surface area contributed by atoms with Gasteiger partial charge >= 0.3 is 0 Å². The van der Waals surface area contributed by atoms with Crippen molar-refractivity contribution in [2.45, 2.75) is 46.4 Å². The highest BCUT2D eigenvalue weighted by Gasteiger charge is 2.06. The van der Waals surface area contributed by atoms with Crippen molar-refractivity contribution in [3.63, 3.8) is 0 Å². The first-order chi connectivity index (χ1) is 14.0. The smallest absolute Gasteiger partial charge is 0.244 e. The summed E-state index contributed by atoms with van der Waals surface area (Å²) >= 11 is 0. The summed E-state index contributed by atoms with van der Waals surface area (Å²) in [5.41, 5.74) is 3.00. The van der Waals surface area contributed by atoms with Gasteiger partial charge in [0.1, 0.15) is 0 Å². The van der Waals surface area contributed by atoms with E-state index in [9.17, 15) is 4.79 Å². The molecule has 0 aliphatic rings. The molecule has 0 fully saturated rings. The van der Waals surface area contributed by atoms with Crippen molar-refractivity contribution in [1.82, 2.24) is 5.32 Å². The highest BCUT2D eigenvalue weighted by atomic mass is 16.5. The zero-order valence-corrected chi connectivity index (χ0v) is 17.7. The van der Waals surface area contributed by atoms with Crippen molar-refractivity contribution in [3.8, 4) is 11.5 Å². The molecule has 0 aromatic heterocycles. The van der Waals surface area contributed by atoms with Crippen molar-refractivity contribution in [2.24, 2.45) is 0 Å². The van der Waals surface area contributed by atoms with E-state index in [4.69, 9.17) is 14.2 Å². The second kappa shape index (κ2) is 11.9. The molecule has 0 unspecified atom stereocenters. The molecule has 156 valence electrons. The molecular weight excluding hydrogens is 366 g/mol. The quantitative estimate of drug-likeness (QED) is 0.557. The molecule has 0 saturated carbocycles. The van der Waals surface area contributed by atoms with Gasteiger partial charge in [-0.3, -0.25) is 4.79 Å². The molecule has 2 aromatic carbocycles. The lowest BCUT2D eigenvalue weighted by molar-refractivity contribution is -0.116. The normalized spacial score (nSPS) is 11.1. The molecule has 29 heavy (non-hydrogen) atoms. The van der Waals surface area contributed by atoms with Crippen LogP contribution < -0.4 is 14.8 Å². The van der Waals surface area contributed by atoms with E-state index in [1.807, 2.05) is 56.3 Å². The van der Waals surface area contributed by atoms with Crippen molar-refractivity contribution >= 4 is 12.0 Å². The topological polar surface area (TPSA) is 56.8 Å². The van der Waals surface area contributed by atoms with Crippen LogP contribution in [0.3, 0.4) is 0 Å². The lowest BCUT2D eigenvalue weighted by atomic mass is 10.1. The van der Waals surface area contributed by atoms with Gasteiger partial charge < -0.3 is 19.5 Å². The Morgan fingerprint density at radius 1 is 1.10 bits per heavy atom. The summed E-state index contributed by atoms with van der Waals surface area (Å²) in [5, 5.41) is 2.93. The van der Waals surface area contributed by atoms with Crippen molar-refractivity contribution in [3.05, 3.63) is 65.2 Å². The van der Waals surface area contributed by atoms with E-state index in [0.717, 1.165) is 23.1 Å². The van der Waals surface area contributed by atoms with Gasteiger partial charge in [-0.2, -0.15) is 0 Å². The number of carbonyl (C=O) groups is 1. The van der Waals surface area contributed by atoms with Gasteiger partial charge in [-0.1, -0.05) is 37.3 Å². The molecular formula is C24H31NO4. The molecule has 2 aromatic rings. The fourth-order valence-electron chi connectivity index (χ4n) is 2.66. The fraction of sp³-hybridized carbons (Fsp3) is 0.375. The summed E-state index contributed by atoms with van der Waals surface area (Å²) in [5.74, 6) is 1.20. The Morgan fingerprint density at radius 2 is 1.86 bits per heavy atom. The van der Waals surface area contributed by atoms with Crippen molar-refractivity contribution in [1.29, 1.82) is 0 Å². The number of rotatable bonds is 11. The molecule has 2 rings (SSSR count). The molecule has 1 N–H and O–H groups in total. The van der Waals surface area contributed by atoms with Gasteiger partial charge in [0.05, 0.1) is 26.4 Å². The SMILES string of the molecule is CCCOc1ccc(/C=C/C(=O)NCc2ccccc2COC(C)C)cc1OC. The van der Waals surface area contributed by atoms with E-state index in [1.54, 1.807) is 13.2 Å². The van der Waals surface area contributed by atoms with Gasteiger partial charge in [-0.25, -0.2) is 0 Å². The Bertz CT molecular complexity index is 814. The van der Waals surface area contributed by atoms with Gasteiger partial charge in [0, 0.05) is 12.6 Å². The second-order valence-electron chi connectivity index (χ2n) is 6.94. The highest BCUT2D eigenvalue weighted by Crippen LogP contribution is 2.28. The van der Waals surface area contributed by atoms with E-state index in [2.05, 4.69) is 12.2 Å². The molecule has 0 aliphatic carbocycles. The van der Waals surface area contributed by atoms with E-state index >= 15 is 0 Å². The van der Waals surface area contributed by atoms with Crippen LogP contribution in [0.15, 0.2) is 48.5 Å². The zero-order chi connectivity index (χ0) is 21.1. The minimum atomic E-state index is -0.158. The molecule has 5 heteroatoms. The summed E-state index contributed by atoms with van der Waals surface area (Å²) in [6.07, 6.45) is 4.37. The molecule has 0 atom stereocenters. The van der Waals surface area contributed by atoms with Crippen LogP contribution in [0.1, 0.15) is 43.9 Å². The summed E-state index contributed by atoms with van der Waals surface area (Å²) < 4.78 is 16.7. The van der Waals surface area contributed by atoms with Crippen LogP contribution in [-0.2, 0) is 22.7 Å². The Kier molecular flexibility index (Phi) is 9.25. The molecule has 0 spiro atoms. The van der Waals surface area contributed by atoms with Gasteiger partial charge in [-0.15, -0.1) is 0 Å². The lowest BCUT2D eigenvalue weighted by Crippen LogP contribution is -2.21. The third-order valence-electron chi connectivity index (χ3n) is 4.22. The lowest BCUT2D eigenvalue weighted by Gasteiger charge is -2.12. The number of hydrogen-bond acceptors (Lipinski definition) is 4. The minimum absolute atomic E-state index is 0.158. The highest BCUT2D eigenvalue weighted by molar-refractivity contribution is 5.91. The fourth-order valence-corrected chi connectivity index (χ4v) is 2.66. The molecule has 0 aliphatic heterocycles. The standard InChI is InChI=1S/C24H31NO4/c1-5-14-28-22-12-10-19(15-23(22)27-4)11-13-24(26)25-16-20-8-6-7-9-21(20)17-29-18(2)3/h6-13,15,18H,5,14,16-17H2,1-4H3,(H,25,26)/b13-11+. The van der Waals surface area contributed by atoms with Gasteiger partial charge in [0.2, 0.25) is 5.91 Å². The van der Waals surface area contributed by atoms with Crippen LogP contribution in [0, 0.1) is 0 Å². The maximum absolute atomic E-state index is 12.2. The summed E-state index contributed by atoms with van der Waals surface area (Å²) in [6, 6.07) is 13.6. The Labute approximate surface area is 173 Å². The average Bonchev–Trinajstić information content (AvgIpc) is 2.73. The number of methoxy groups -OCH3 is 1. The number of hydrogen-bond donors (Lipinski definition) is 1. The third-order valence-corrected chi connectivity index (χ3v) is 4.22. The summed E-state index contributed by atoms with van der Waals surface area (Å²) in [6.45, 7) is 7.69. The molecule has 1 amide bonds. The first-order valence-corrected chi connectivity index (χ1v) is 9.98. The largest absolute Gasteiger partial charge is 0.493 e. The monoisotopic (exact) mass is 397 g/mol. The van der Waals surface area contributed by atoms with Crippen LogP contribution in [0.25, 0.3) is 6.08 Å². The van der Waals surface area contributed by atoms with Gasteiger partial charge in [-0.05, 0) is 55.2 Å². The second-order valence-corrected chi connectivity index (χ2v) is 6.94. The van der Waals surface area contributed by atoms with Crippen molar-refractivity contribution < 1.29 is 19.0 Å². The molecule has 0 heterocycles. The maximum atomic E-state index is 12.2.